The molecule has 2 bridgehead atoms. The van der Waals surface area contributed by atoms with Crippen LogP contribution < -0.4 is 0 Å². The largest absolute Gasteiger partial charge is 0.383 e. The fourth-order valence-corrected chi connectivity index (χ4v) is 4.01. The van der Waals surface area contributed by atoms with Crippen LogP contribution in [0, 0.1) is 17.8 Å². The number of hydrogen-bond donors (Lipinski definition) is 0. The van der Waals surface area contributed by atoms with Crippen LogP contribution in [-0.2, 0) is 4.74 Å². The fourth-order valence-electron chi connectivity index (χ4n) is 3.65. The summed E-state index contributed by atoms with van der Waals surface area (Å²) in [5.41, 5.74) is 0. The molecule has 2 aliphatic carbocycles. The Kier molecular flexibility index (Phi) is 4.51. The maximum atomic E-state index is 6.17. The van der Waals surface area contributed by atoms with Crippen molar-refractivity contribution in [3.05, 3.63) is 0 Å². The molecule has 0 N–H and O–H groups in total. The molecule has 0 aromatic carbocycles. The van der Waals surface area contributed by atoms with Gasteiger partial charge >= 0.3 is 0 Å². The number of rotatable bonds is 6. The standard InChI is InChI=1S/C13H24ClNO/c1-15(8-13(14)9-16-2)7-12-6-10-3-4-11(12)5-10/h10-13H,3-9H2,1-2H3. The lowest BCUT2D eigenvalue weighted by Gasteiger charge is -2.28. The minimum atomic E-state index is 0.133. The normalized spacial score (nSPS) is 34.9. The van der Waals surface area contributed by atoms with E-state index in [-0.39, 0.29) is 5.38 Å². The molecule has 2 fully saturated rings. The number of halogens is 1. The van der Waals surface area contributed by atoms with Crippen LogP contribution in [0.4, 0.5) is 0 Å². The molecule has 2 saturated carbocycles. The third kappa shape index (κ3) is 3.12. The summed E-state index contributed by atoms with van der Waals surface area (Å²) in [6.07, 6.45) is 5.94. The number of ether oxygens (including phenoxy) is 1. The zero-order chi connectivity index (χ0) is 11.5. The second-order valence-electron chi connectivity index (χ2n) is 5.71. The van der Waals surface area contributed by atoms with Crippen LogP contribution in [-0.4, -0.2) is 44.1 Å². The molecule has 0 spiro atoms. The van der Waals surface area contributed by atoms with E-state index in [1.165, 1.54) is 32.2 Å². The Morgan fingerprint density at radius 2 is 2.19 bits per heavy atom. The minimum Gasteiger partial charge on any atom is -0.383 e. The first-order valence-electron chi connectivity index (χ1n) is 6.50. The predicted octanol–water partition coefficient (Wildman–Crippen LogP) is 2.61. The molecule has 0 aromatic rings. The van der Waals surface area contributed by atoms with Crippen LogP contribution in [0.25, 0.3) is 0 Å². The first kappa shape index (κ1) is 12.7. The Labute approximate surface area is 104 Å². The van der Waals surface area contributed by atoms with E-state index in [0.29, 0.717) is 6.61 Å². The summed E-state index contributed by atoms with van der Waals surface area (Å²) < 4.78 is 5.07. The summed E-state index contributed by atoms with van der Waals surface area (Å²) in [5, 5.41) is 0.133. The molecule has 2 nitrogen and oxygen atoms in total. The Bertz CT molecular complexity index is 224. The highest BCUT2D eigenvalue weighted by atomic mass is 35.5. The van der Waals surface area contributed by atoms with Crippen molar-refractivity contribution >= 4 is 11.6 Å². The summed E-state index contributed by atoms with van der Waals surface area (Å²) in [7, 11) is 3.91. The van der Waals surface area contributed by atoms with Gasteiger partial charge in [0.2, 0.25) is 0 Å². The third-order valence-electron chi connectivity index (χ3n) is 4.29. The molecule has 3 heteroatoms. The van der Waals surface area contributed by atoms with Gasteiger partial charge in [-0.3, -0.25) is 0 Å². The van der Waals surface area contributed by atoms with Gasteiger partial charge in [0.15, 0.2) is 0 Å². The Morgan fingerprint density at radius 1 is 1.38 bits per heavy atom. The Morgan fingerprint density at radius 3 is 2.75 bits per heavy atom. The number of alkyl halides is 1. The van der Waals surface area contributed by atoms with Crippen molar-refractivity contribution in [1.82, 2.24) is 4.90 Å². The zero-order valence-electron chi connectivity index (χ0n) is 10.5. The molecule has 0 amide bonds. The zero-order valence-corrected chi connectivity index (χ0v) is 11.2. The molecule has 94 valence electrons. The molecular weight excluding hydrogens is 222 g/mol. The molecule has 0 radical (unpaired) electrons. The van der Waals surface area contributed by atoms with Gasteiger partial charge in [0.25, 0.3) is 0 Å². The summed E-state index contributed by atoms with van der Waals surface area (Å²) in [5.74, 6) is 3.01. The van der Waals surface area contributed by atoms with Crippen LogP contribution in [0.5, 0.6) is 0 Å². The van der Waals surface area contributed by atoms with Crippen LogP contribution in [0.2, 0.25) is 0 Å². The lowest BCUT2D eigenvalue weighted by atomic mass is 9.88. The molecule has 0 heterocycles. The monoisotopic (exact) mass is 245 g/mol. The number of hydrogen-bond acceptors (Lipinski definition) is 2. The van der Waals surface area contributed by atoms with E-state index in [2.05, 4.69) is 11.9 Å². The maximum absolute atomic E-state index is 6.17. The van der Waals surface area contributed by atoms with E-state index in [1.54, 1.807) is 7.11 Å². The van der Waals surface area contributed by atoms with Crippen molar-refractivity contribution in [2.75, 3.05) is 33.9 Å². The van der Waals surface area contributed by atoms with Crippen LogP contribution in [0.3, 0.4) is 0 Å². The van der Waals surface area contributed by atoms with Gasteiger partial charge in [0.05, 0.1) is 12.0 Å². The van der Waals surface area contributed by atoms with Crippen molar-refractivity contribution in [2.24, 2.45) is 17.8 Å². The van der Waals surface area contributed by atoms with Gasteiger partial charge in [-0.15, -0.1) is 11.6 Å². The van der Waals surface area contributed by atoms with Gasteiger partial charge in [-0.25, -0.2) is 0 Å². The van der Waals surface area contributed by atoms with Crippen molar-refractivity contribution in [3.63, 3.8) is 0 Å². The van der Waals surface area contributed by atoms with Crippen molar-refractivity contribution < 1.29 is 4.74 Å². The van der Waals surface area contributed by atoms with Crippen molar-refractivity contribution in [1.29, 1.82) is 0 Å². The molecule has 16 heavy (non-hydrogen) atoms. The maximum Gasteiger partial charge on any atom is 0.0696 e. The molecule has 4 unspecified atom stereocenters. The van der Waals surface area contributed by atoms with Gasteiger partial charge in [-0.1, -0.05) is 6.42 Å². The molecule has 0 saturated heterocycles. The Balaban J connectivity index is 1.69. The van der Waals surface area contributed by atoms with Crippen LogP contribution >= 0.6 is 11.6 Å². The van der Waals surface area contributed by atoms with Crippen molar-refractivity contribution in [3.8, 4) is 0 Å². The van der Waals surface area contributed by atoms with Crippen LogP contribution in [0.1, 0.15) is 25.7 Å². The van der Waals surface area contributed by atoms with E-state index in [1.807, 2.05) is 0 Å². The highest BCUT2D eigenvalue weighted by Gasteiger charge is 2.39. The first-order valence-corrected chi connectivity index (χ1v) is 6.94. The molecule has 0 aromatic heterocycles. The van der Waals surface area contributed by atoms with E-state index in [9.17, 15) is 0 Å². The number of fused-ring (bicyclic) bond motifs is 2. The highest BCUT2D eigenvalue weighted by Crippen LogP contribution is 2.48. The van der Waals surface area contributed by atoms with Gasteiger partial charge in [0, 0.05) is 20.2 Å². The summed E-state index contributed by atoms with van der Waals surface area (Å²) in [4.78, 5) is 2.39. The second-order valence-corrected chi connectivity index (χ2v) is 6.33. The van der Waals surface area contributed by atoms with Gasteiger partial charge in [-0.2, -0.15) is 0 Å². The molecule has 2 aliphatic rings. The van der Waals surface area contributed by atoms with Gasteiger partial charge < -0.3 is 9.64 Å². The second kappa shape index (κ2) is 5.70. The van der Waals surface area contributed by atoms with E-state index < -0.39 is 0 Å². The average Bonchev–Trinajstić information content (AvgIpc) is 2.78. The average molecular weight is 246 g/mol. The number of methoxy groups -OCH3 is 1. The topological polar surface area (TPSA) is 12.5 Å². The van der Waals surface area contributed by atoms with E-state index in [0.717, 1.165) is 24.3 Å². The van der Waals surface area contributed by atoms with Crippen molar-refractivity contribution in [2.45, 2.75) is 31.1 Å². The molecule has 2 rings (SSSR count). The minimum absolute atomic E-state index is 0.133. The molecule has 0 aliphatic heterocycles. The first-order chi connectivity index (χ1) is 7.69. The fraction of sp³-hybridized carbons (Fsp3) is 1.00. The number of nitrogens with zero attached hydrogens (tertiary/aromatic N) is 1. The smallest absolute Gasteiger partial charge is 0.0696 e. The SMILES string of the molecule is COCC(Cl)CN(C)CC1CC2CCC1C2. The third-order valence-corrected chi connectivity index (χ3v) is 4.55. The molecule has 4 atom stereocenters. The molecular formula is C13H24ClNO. The van der Waals surface area contributed by atoms with Crippen LogP contribution in [0.15, 0.2) is 0 Å². The highest BCUT2D eigenvalue weighted by molar-refractivity contribution is 6.20. The summed E-state index contributed by atoms with van der Waals surface area (Å²) in [6, 6.07) is 0. The van der Waals surface area contributed by atoms with Gasteiger partial charge in [0.1, 0.15) is 0 Å². The summed E-state index contributed by atoms with van der Waals surface area (Å²) >= 11 is 6.17. The van der Waals surface area contributed by atoms with E-state index >= 15 is 0 Å². The van der Waals surface area contributed by atoms with Gasteiger partial charge in [-0.05, 0) is 44.1 Å². The lowest BCUT2D eigenvalue weighted by molar-refractivity contribution is 0.169. The summed E-state index contributed by atoms with van der Waals surface area (Å²) in [6.45, 7) is 2.83. The Hall–Kier alpha value is 0.210. The lowest BCUT2D eigenvalue weighted by Crippen LogP contribution is -2.34. The predicted molar refractivity (Wildman–Crippen MR) is 68.0 cm³/mol. The quantitative estimate of drug-likeness (QED) is 0.667. The van der Waals surface area contributed by atoms with E-state index in [4.69, 9.17) is 16.3 Å².